The zero-order valence-corrected chi connectivity index (χ0v) is 13.9. The topological polar surface area (TPSA) is 64.1 Å². The number of hydrogen-bond acceptors (Lipinski definition) is 5. The third kappa shape index (κ3) is 4.74. The summed E-state index contributed by atoms with van der Waals surface area (Å²) in [6.45, 7) is 0.840. The minimum atomic E-state index is 0.0240. The Morgan fingerprint density at radius 3 is 2.82 bits per heavy atom. The molecule has 22 heavy (non-hydrogen) atoms. The van der Waals surface area contributed by atoms with Crippen LogP contribution in [0.2, 0.25) is 0 Å². The van der Waals surface area contributed by atoms with Crippen molar-refractivity contribution in [3.8, 4) is 0 Å². The average Bonchev–Trinajstić information content (AvgIpc) is 3.18. The minimum absolute atomic E-state index is 0.0240. The van der Waals surface area contributed by atoms with Gasteiger partial charge in [-0.1, -0.05) is 43.4 Å². The van der Waals surface area contributed by atoms with Crippen molar-refractivity contribution in [3.63, 3.8) is 0 Å². The van der Waals surface area contributed by atoms with Gasteiger partial charge >= 0.3 is 0 Å². The first-order valence-corrected chi connectivity index (χ1v) is 9.35. The fourth-order valence-corrected chi connectivity index (χ4v) is 4.24. The highest BCUT2D eigenvalue weighted by molar-refractivity contribution is 7.15. The Balaban J connectivity index is 1.41. The highest BCUT2D eigenvalue weighted by Gasteiger charge is 2.19. The molecule has 1 saturated heterocycles. The predicted octanol–water partition coefficient (Wildman–Crippen LogP) is 3.56. The summed E-state index contributed by atoms with van der Waals surface area (Å²) >= 11 is 1.53. The molecule has 1 aromatic rings. The molecule has 0 bridgehead atoms. The van der Waals surface area contributed by atoms with Gasteiger partial charge in [0, 0.05) is 19.4 Å². The Kier molecular flexibility index (Phi) is 5.78. The number of anilines is 1. The molecule has 0 radical (unpaired) electrons. The van der Waals surface area contributed by atoms with E-state index in [0.29, 0.717) is 11.6 Å². The molecule has 1 N–H and O–H groups in total. The lowest BCUT2D eigenvalue weighted by Crippen LogP contribution is -2.15. The number of ether oxygens (including phenoxy) is 1. The normalized spacial score (nSPS) is 22.8. The number of rotatable bonds is 6. The second kappa shape index (κ2) is 8.02. The van der Waals surface area contributed by atoms with Gasteiger partial charge in [0.15, 0.2) is 0 Å². The fraction of sp³-hybridized carbons (Fsp3) is 0.812. The zero-order chi connectivity index (χ0) is 15.2. The van der Waals surface area contributed by atoms with E-state index in [1.54, 1.807) is 0 Å². The molecule has 2 fully saturated rings. The molecule has 1 saturated carbocycles. The van der Waals surface area contributed by atoms with Crippen LogP contribution in [0.3, 0.4) is 0 Å². The number of carbonyl (C=O) groups excluding carboxylic acids is 1. The minimum Gasteiger partial charge on any atom is -0.378 e. The van der Waals surface area contributed by atoms with Gasteiger partial charge in [0.2, 0.25) is 11.0 Å². The van der Waals surface area contributed by atoms with Crippen molar-refractivity contribution in [1.29, 1.82) is 0 Å². The van der Waals surface area contributed by atoms with Gasteiger partial charge in [-0.2, -0.15) is 0 Å². The molecule has 0 aromatic carbocycles. The van der Waals surface area contributed by atoms with Crippen LogP contribution >= 0.6 is 11.3 Å². The summed E-state index contributed by atoms with van der Waals surface area (Å²) in [6.07, 6.45) is 11.5. The summed E-state index contributed by atoms with van der Waals surface area (Å²) in [5, 5.41) is 12.9. The van der Waals surface area contributed by atoms with E-state index in [1.165, 1.54) is 43.4 Å². The molecule has 1 aromatic heterocycles. The maximum Gasteiger partial charge on any atom is 0.226 e. The van der Waals surface area contributed by atoms with Gasteiger partial charge in [0.05, 0.1) is 6.10 Å². The van der Waals surface area contributed by atoms with Gasteiger partial charge in [0.25, 0.3) is 0 Å². The van der Waals surface area contributed by atoms with Crippen LogP contribution in [0.25, 0.3) is 0 Å². The molecule has 122 valence electrons. The lowest BCUT2D eigenvalue weighted by molar-refractivity contribution is -0.116. The Morgan fingerprint density at radius 2 is 2.05 bits per heavy atom. The second-order valence-electron chi connectivity index (χ2n) is 6.43. The van der Waals surface area contributed by atoms with E-state index in [9.17, 15) is 4.79 Å². The monoisotopic (exact) mass is 323 g/mol. The average molecular weight is 323 g/mol. The van der Waals surface area contributed by atoms with Crippen molar-refractivity contribution in [3.05, 3.63) is 5.01 Å². The molecular formula is C16H25N3O2S. The molecule has 1 aliphatic heterocycles. The lowest BCUT2D eigenvalue weighted by Gasteiger charge is -2.19. The van der Waals surface area contributed by atoms with E-state index >= 15 is 0 Å². The summed E-state index contributed by atoms with van der Waals surface area (Å²) in [4.78, 5) is 11.9. The summed E-state index contributed by atoms with van der Waals surface area (Å²) in [6, 6.07) is 0. The van der Waals surface area contributed by atoms with Crippen molar-refractivity contribution >= 4 is 22.4 Å². The van der Waals surface area contributed by atoms with Crippen LogP contribution in [0.15, 0.2) is 0 Å². The SMILES string of the molecule is O=C(CC[C@H]1CCCO1)Nc1nnc(CC2CCCCC2)s1. The van der Waals surface area contributed by atoms with Gasteiger partial charge in [0.1, 0.15) is 5.01 Å². The van der Waals surface area contributed by atoms with Crippen LogP contribution < -0.4 is 5.32 Å². The maximum absolute atomic E-state index is 11.9. The summed E-state index contributed by atoms with van der Waals surface area (Å²) in [5.74, 6) is 0.778. The summed E-state index contributed by atoms with van der Waals surface area (Å²) in [7, 11) is 0. The number of nitrogens with zero attached hydrogens (tertiary/aromatic N) is 2. The molecule has 0 spiro atoms. The largest absolute Gasteiger partial charge is 0.378 e. The quantitative estimate of drug-likeness (QED) is 0.869. The van der Waals surface area contributed by atoms with Crippen LogP contribution in [-0.2, 0) is 16.0 Å². The standard InChI is InChI=1S/C16H25N3O2S/c20-14(9-8-13-7-4-10-21-13)17-16-19-18-15(22-16)11-12-5-2-1-3-6-12/h12-13H,1-11H2,(H,17,19,20)/t13-/m1/s1. The lowest BCUT2D eigenvalue weighted by atomic mass is 9.87. The number of amides is 1. The maximum atomic E-state index is 11.9. The molecule has 1 atom stereocenters. The smallest absolute Gasteiger partial charge is 0.226 e. The Hall–Kier alpha value is -1.01. The first-order chi connectivity index (χ1) is 10.8. The Labute approximate surface area is 135 Å². The van der Waals surface area contributed by atoms with Gasteiger partial charge in [-0.15, -0.1) is 10.2 Å². The van der Waals surface area contributed by atoms with Crippen LogP contribution in [0.4, 0.5) is 5.13 Å². The van der Waals surface area contributed by atoms with Crippen LogP contribution in [0.5, 0.6) is 0 Å². The van der Waals surface area contributed by atoms with Gasteiger partial charge in [-0.05, 0) is 25.2 Å². The first-order valence-electron chi connectivity index (χ1n) is 8.53. The van der Waals surface area contributed by atoms with Gasteiger partial charge < -0.3 is 10.1 Å². The van der Waals surface area contributed by atoms with Crippen LogP contribution in [0.1, 0.15) is 62.8 Å². The molecule has 5 nitrogen and oxygen atoms in total. The molecular weight excluding hydrogens is 298 g/mol. The number of hydrogen-bond donors (Lipinski definition) is 1. The molecule has 2 aliphatic rings. The second-order valence-corrected chi connectivity index (χ2v) is 7.49. The first kappa shape index (κ1) is 15.9. The third-order valence-corrected chi connectivity index (χ3v) is 5.48. The number of nitrogens with one attached hydrogen (secondary N) is 1. The Bertz CT molecular complexity index is 479. The molecule has 1 aliphatic carbocycles. The van der Waals surface area contributed by atoms with Crippen molar-refractivity contribution in [2.24, 2.45) is 5.92 Å². The molecule has 6 heteroatoms. The van der Waals surface area contributed by atoms with E-state index in [-0.39, 0.29) is 12.0 Å². The molecule has 3 rings (SSSR count). The summed E-state index contributed by atoms with van der Waals surface area (Å²) in [5.41, 5.74) is 0. The molecule has 0 unspecified atom stereocenters. The van der Waals surface area contributed by atoms with Crippen molar-refractivity contribution < 1.29 is 9.53 Å². The third-order valence-electron chi connectivity index (χ3n) is 4.62. The van der Waals surface area contributed by atoms with Gasteiger partial charge in [-0.3, -0.25) is 4.79 Å². The van der Waals surface area contributed by atoms with E-state index in [4.69, 9.17) is 4.74 Å². The molecule has 1 amide bonds. The van der Waals surface area contributed by atoms with E-state index in [2.05, 4.69) is 15.5 Å². The predicted molar refractivity (Wildman–Crippen MR) is 87.0 cm³/mol. The summed E-state index contributed by atoms with van der Waals surface area (Å²) < 4.78 is 5.54. The van der Waals surface area contributed by atoms with Crippen molar-refractivity contribution in [2.45, 2.75) is 70.3 Å². The molecule has 2 heterocycles. The fourth-order valence-electron chi connectivity index (χ4n) is 3.37. The highest BCUT2D eigenvalue weighted by Crippen LogP contribution is 2.28. The Morgan fingerprint density at radius 1 is 1.18 bits per heavy atom. The number of carbonyl (C=O) groups is 1. The van der Waals surface area contributed by atoms with E-state index in [0.717, 1.165) is 43.2 Å². The van der Waals surface area contributed by atoms with Crippen molar-refractivity contribution in [2.75, 3.05) is 11.9 Å². The van der Waals surface area contributed by atoms with Gasteiger partial charge in [-0.25, -0.2) is 0 Å². The highest BCUT2D eigenvalue weighted by atomic mass is 32.1. The van der Waals surface area contributed by atoms with E-state index in [1.807, 2.05) is 0 Å². The number of aromatic nitrogens is 2. The zero-order valence-electron chi connectivity index (χ0n) is 13.1. The van der Waals surface area contributed by atoms with Crippen LogP contribution in [0, 0.1) is 5.92 Å². The van der Waals surface area contributed by atoms with E-state index < -0.39 is 0 Å². The van der Waals surface area contributed by atoms with Crippen LogP contribution in [-0.4, -0.2) is 28.8 Å². The van der Waals surface area contributed by atoms with Crippen molar-refractivity contribution in [1.82, 2.24) is 10.2 Å².